The van der Waals surface area contributed by atoms with E-state index in [1.807, 2.05) is 19.2 Å². The molecule has 0 atom stereocenters. The summed E-state index contributed by atoms with van der Waals surface area (Å²) in [6, 6.07) is 43.2. The van der Waals surface area contributed by atoms with Gasteiger partial charge in [0.1, 0.15) is 5.84 Å². The van der Waals surface area contributed by atoms with Crippen LogP contribution in [0.25, 0.3) is 50.2 Å². The quantitative estimate of drug-likeness (QED) is 0.142. The molecule has 0 amide bonds. The molecular weight excluding hydrogens is 562 g/mol. The predicted octanol–water partition coefficient (Wildman–Crippen LogP) is 10.1. The Morgan fingerprint density at radius 3 is 2.02 bits per heavy atom. The van der Waals surface area contributed by atoms with Crippen molar-refractivity contribution in [1.82, 2.24) is 9.13 Å². The second kappa shape index (κ2) is 11.9. The molecular formula is C41H35N5. The molecule has 5 heteroatoms. The zero-order valence-corrected chi connectivity index (χ0v) is 25.8. The van der Waals surface area contributed by atoms with E-state index in [0.717, 1.165) is 41.4 Å². The van der Waals surface area contributed by atoms with E-state index in [0.29, 0.717) is 6.54 Å². The first-order valence-electron chi connectivity index (χ1n) is 15.9. The third-order valence-electron chi connectivity index (χ3n) is 8.77. The van der Waals surface area contributed by atoms with Crippen LogP contribution in [0.15, 0.2) is 145 Å². The van der Waals surface area contributed by atoms with Gasteiger partial charge in [-0.15, -0.1) is 0 Å². The largest absolute Gasteiger partial charge is 0.378 e. The predicted molar refractivity (Wildman–Crippen MR) is 196 cm³/mol. The van der Waals surface area contributed by atoms with Crippen molar-refractivity contribution in [1.29, 1.82) is 0 Å². The molecule has 8 rings (SSSR count). The highest BCUT2D eigenvalue weighted by molar-refractivity contribution is 6.09. The number of aromatic nitrogens is 2. The van der Waals surface area contributed by atoms with Gasteiger partial charge in [-0.2, -0.15) is 0 Å². The molecule has 0 bridgehead atoms. The molecule has 0 spiro atoms. The van der Waals surface area contributed by atoms with Gasteiger partial charge in [-0.05, 0) is 74.4 Å². The molecule has 5 nitrogen and oxygen atoms in total. The maximum atomic E-state index is 4.76. The van der Waals surface area contributed by atoms with Gasteiger partial charge >= 0.3 is 0 Å². The molecule has 0 unspecified atom stereocenters. The van der Waals surface area contributed by atoms with Crippen LogP contribution in [0.1, 0.15) is 24.6 Å². The second-order valence-electron chi connectivity index (χ2n) is 11.7. The fraction of sp³-hybridized carbons (Fsp3) is 0.0976. The number of allylic oxidation sites excluding steroid dienone is 2. The molecule has 2 N–H and O–H groups in total. The molecule has 0 saturated carbocycles. The van der Waals surface area contributed by atoms with Gasteiger partial charge in [0.25, 0.3) is 0 Å². The van der Waals surface area contributed by atoms with E-state index in [2.05, 4.69) is 153 Å². The molecule has 1 aliphatic carbocycles. The monoisotopic (exact) mass is 597 g/mol. The number of fused-ring (bicyclic) bond motifs is 6. The summed E-state index contributed by atoms with van der Waals surface area (Å²) < 4.78 is 4.76. The van der Waals surface area contributed by atoms with Crippen LogP contribution in [0, 0.1) is 0 Å². The van der Waals surface area contributed by atoms with Crippen molar-refractivity contribution in [2.45, 2.75) is 19.8 Å². The van der Waals surface area contributed by atoms with Gasteiger partial charge in [0, 0.05) is 56.4 Å². The average molecular weight is 598 g/mol. The van der Waals surface area contributed by atoms with Crippen molar-refractivity contribution in [2.24, 2.45) is 4.99 Å². The van der Waals surface area contributed by atoms with Gasteiger partial charge in [0.2, 0.25) is 0 Å². The first-order chi connectivity index (χ1) is 22.8. The summed E-state index contributed by atoms with van der Waals surface area (Å²) in [6.45, 7) is 2.52. The molecule has 2 heterocycles. The van der Waals surface area contributed by atoms with Crippen molar-refractivity contribution in [3.05, 3.63) is 151 Å². The lowest BCUT2D eigenvalue weighted by Gasteiger charge is -2.16. The molecule has 0 fully saturated rings. The van der Waals surface area contributed by atoms with E-state index in [4.69, 9.17) is 4.99 Å². The number of rotatable bonds is 7. The van der Waals surface area contributed by atoms with Gasteiger partial charge in [-0.3, -0.25) is 0 Å². The fourth-order valence-electron chi connectivity index (χ4n) is 6.78. The SMILES string of the molecule is C/C=C\N=C(CNc1cccc(-n2c3ccccc3c3ccccc32)c1)Nc1cccc(-n2c3c(c4ccccc42)C=CCC3)c1. The number of amidine groups is 1. The van der Waals surface area contributed by atoms with Crippen LogP contribution < -0.4 is 10.6 Å². The van der Waals surface area contributed by atoms with Crippen LogP contribution in [0.3, 0.4) is 0 Å². The molecule has 0 aliphatic heterocycles. The lowest BCUT2D eigenvalue weighted by atomic mass is 10.0. The number of para-hydroxylation sites is 3. The van der Waals surface area contributed by atoms with E-state index in [1.54, 1.807) is 0 Å². The third-order valence-corrected chi connectivity index (χ3v) is 8.77. The molecule has 0 saturated heterocycles. The molecule has 46 heavy (non-hydrogen) atoms. The highest BCUT2D eigenvalue weighted by Crippen LogP contribution is 2.35. The minimum Gasteiger partial charge on any atom is -0.378 e. The first kappa shape index (κ1) is 27.7. The smallest absolute Gasteiger partial charge is 0.125 e. The third kappa shape index (κ3) is 4.96. The minimum atomic E-state index is 0.540. The van der Waals surface area contributed by atoms with Crippen LogP contribution in [-0.2, 0) is 6.42 Å². The lowest BCUT2D eigenvalue weighted by Crippen LogP contribution is -2.22. The fourth-order valence-corrected chi connectivity index (χ4v) is 6.78. The zero-order valence-electron chi connectivity index (χ0n) is 25.8. The molecule has 0 radical (unpaired) electrons. The Balaban J connectivity index is 1.08. The lowest BCUT2D eigenvalue weighted by molar-refractivity contribution is 0.889. The average Bonchev–Trinajstić information content (AvgIpc) is 3.63. The maximum absolute atomic E-state index is 4.76. The van der Waals surface area contributed by atoms with E-state index >= 15 is 0 Å². The summed E-state index contributed by atoms with van der Waals surface area (Å²) in [5.74, 6) is 0.833. The van der Waals surface area contributed by atoms with Crippen LogP contribution in [-0.4, -0.2) is 21.5 Å². The van der Waals surface area contributed by atoms with Crippen LogP contribution in [0.4, 0.5) is 11.4 Å². The summed E-state index contributed by atoms with van der Waals surface area (Å²) in [5, 5.41) is 11.1. The van der Waals surface area contributed by atoms with Crippen LogP contribution in [0.5, 0.6) is 0 Å². The van der Waals surface area contributed by atoms with Crippen molar-refractivity contribution in [3.63, 3.8) is 0 Å². The van der Waals surface area contributed by atoms with Gasteiger partial charge in [-0.1, -0.05) is 85.0 Å². The number of aliphatic imine (C=N–C) groups is 1. The summed E-state index contributed by atoms with van der Waals surface area (Å²) in [7, 11) is 0. The van der Waals surface area contributed by atoms with Gasteiger partial charge in [0.05, 0.1) is 23.1 Å². The van der Waals surface area contributed by atoms with Crippen LogP contribution >= 0.6 is 0 Å². The Labute approximate surface area is 268 Å². The number of nitrogens with one attached hydrogen (secondary N) is 2. The number of hydrogen-bond donors (Lipinski definition) is 2. The standard InChI is InChI=1S/C41H35N5/c1-2-25-42-41(44-30-14-12-16-32(27-30)46-39-23-9-5-19-35(39)36-20-6-10-24-40(36)46)28-43-29-13-11-15-31(26-29)45-37-21-7-3-17-33(37)34-18-4-8-22-38(34)45/h2-9,11-23,25-27,43H,10,24,28H2,1H3,(H,42,44)/b25-2-. The van der Waals surface area contributed by atoms with E-state index in [1.165, 1.54) is 44.0 Å². The van der Waals surface area contributed by atoms with Crippen molar-refractivity contribution < 1.29 is 0 Å². The number of benzene rings is 5. The number of anilines is 2. The Kier molecular flexibility index (Phi) is 7.19. The van der Waals surface area contributed by atoms with Gasteiger partial charge in [-0.25, -0.2) is 4.99 Å². The summed E-state index contributed by atoms with van der Waals surface area (Å²) in [4.78, 5) is 4.76. The van der Waals surface area contributed by atoms with Crippen LogP contribution in [0.2, 0.25) is 0 Å². The van der Waals surface area contributed by atoms with Crippen molar-refractivity contribution >= 4 is 56.0 Å². The zero-order chi connectivity index (χ0) is 30.9. The van der Waals surface area contributed by atoms with Gasteiger partial charge in [0.15, 0.2) is 0 Å². The summed E-state index contributed by atoms with van der Waals surface area (Å²) >= 11 is 0. The Bertz CT molecular complexity index is 2260. The minimum absolute atomic E-state index is 0.540. The molecule has 224 valence electrons. The highest BCUT2D eigenvalue weighted by Gasteiger charge is 2.18. The molecule has 2 aromatic heterocycles. The van der Waals surface area contributed by atoms with E-state index in [9.17, 15) is 0 Å². The summed E-state index contributed by atoms with van der Waals surface area (Å²) in [5.41, 5.74) is 10.6. The number of nitrogens with zero attached hydrogens (tertiary/aromatic N) is 3. The van der Waals surface area contributed by atoms with E-state index in [-0.39, 0.29) is 0 Å². The topological polar surface area (TPSA) is 46.3 Å². The molecule has 5 aromatic carbocycles. The molecule has 1 aliphatic rings. The van der Waals surface area contributed by atoms with E-state index < -0.39 is 0 Å². The Hall–Kier alpha value is -5.81. The van der Waals surface area contributed by atoms with Gasteiger partial charge < -0.3 is 19.8 Å². The summed E-state index contributed by atoms with van der Waals surface area (Å²) in [6.07, 6.45) is 10.4. The maximum Gasteiger partial charge on any atom is 0.125 e. The highest BCUT2D eigenvalue weighted by atomic mass is 15.1. The Morgan fingerprint density at radius 1 is 0.696 bits per heavy atom. The van der Waals surface area contributed by atoms with Crippen molar-refractivity contribution in [2.75, 3.05) is 17.2 Å². The second-order valence-corrected chi connectivity index (χ2v) is 11.7. The van der Waals surface area contributed by atoms with Crippen molar-refractivity contribution in [3.8, 4) is 11.4 Å². The normalized spacial score (nSPS) is 13.2. The first-order valence-corrected chi connectivity index (χ1v) is 15.9. The number of hydrogen-bond acceptors (Lipinski definition) is 2. The molecule has 7 aromatic rings. The Morgan fingerprint density at radius 2 is 1.30 bits per heavy atom.